The first-order valence-electron chi connectivity index (χ1n) is 12.3. The minimum Gasteiger partial charge on any atom is -0.497 e. The summed E-state index contributed by atoms with van der Waals surface area (Å²) < 4.78 is 39.7. The number of ketones is 1. The van der Waals surface area contributed by atoms with Crippen LogP contribution in [0.3, 0.4) is 0 Å². The fourth-order valence-electron chi connectivity index (χ4n) is 4.74. The van der Waals surface area contributed by atoms with Gasteiger partial charge in [-0.05, 0) is 71.3 Å². The van der Waals surface area contributed by atoms with E-state index in [0.717, 1.165) is 22.1 Å². The number of carbonyl (C=O) groups is 1. The van der Waals surface area contributed by atoms with Crippen molar-refractivity contribution in [2.24, 2.45) is 0 Å². The van der Waals surface area contributed by atoms with Gasteiger partial charge >= 0.3 is 0 Å². The number of carbonyl (C=O) groups excluding carboxylic acids is 1. The average molecular weight is 548 g/mol. The molecule has 1 fully saturated rings. The van der Waals surface area contributed by atoms with Crippen LogP contribution in [-0.2, 0) is 15.8 Å². The van der Waals surface area contributed by atoms with E-state index in [2.05, 4.69) is 0 Å². The number of fused-ring (bicyclic) bond motifs is 1. The van der Waals surface area contributed by atoms with E-state index in [4.69, 9.17) is 9.47 Å². The molecule has 1 saturated heterocycles. The van der Waals surface area contributed by atoms with E-state index in [1.165, 1.54) is 4.31 Å². The van der Waals surface area contributed by atoms with Gasteiger partial charge in [0, 0.05) is 23.1 Å². The lowest BCUT2D eigenvalue weighted by atomic mass is 10.0. The summed E-state index contributed by atoms with van der Waals surface area (Å²) >= 11 is 1.67. The van der Waals surface area contributed by atoms with Crippen molar-refractivity contribution in [2.75, 3.05) is 20.8 Å². The van der Waals surface area contributed by atoms with E-state index >= 15 is 0 Å². The normalized spacial score (nSPS) is 17.9. The zero-order chi connectivity index (χ0) is 26.7. The number of hydrogen-bond donors (Lipinski definition) is 0. The molecule has 4 aromatic carbocycles. The van der Waals surface area contributed by atoms with Gasteiger partial charge in [0.15, 0.2) is 5.78 Å². The summed E-state index contributed by atoms with van der Waals surface area (Å²) in [6, 6.07) is 26.7. The summed E-state index contributed by atoms with van der Waals surface area (Å²) in [4.78, 5) is 13.9. The standard InChI is InChI=1S/C30H29NO5S2/c1-35-25-12-7-21(8-13-25)20-37-27-18-29(30(32)23-9-14-26(36-2)15-10-23)31(19-27)38(33,34)28-16-11-22-5-3-4-6-24(22)17-28/h3-17,27,29H,18-20H2,1-2H3/t27-,29+/m1/s1. The summed E-state index contributed by atoms with van der Waals surface area (Å²) in [7, 11) is -0.715. The Morgan fingerprint density at radius 1 is 0.868 bits per heavy atom. The number of nitrogens with zero attached hydrogens (tertiary/aromatic N) is 1. The largest absolute Gasteiger partial charge is 0.497 e. The number of thioether (sulfide) groups is 1. The number of benzene rings is 4. The highest BCUT2D eigenvalue weighted by Crippen LogP contribution is 2.36. The Labute approximate surface area is 227 Å². The number of hydrogen-bond acceptors (Lipinski definition) is 6. The molecule has 0 unspecified atom stereocenters. The first kappa shape index (κ1) is 26.3. The second kappa shape index (κ2) is 11.2. The topological polar surface area (TPSA) is 72.9 Å². The van der Waals surface area contributed by atoms with Gasteiger partial charge in [-0.2, -0.15) is 16.1 Å². The minimum absolute atomic E-state index is 0.0282. The molecule has 1 aliphatic rings. The predicted octanol–water partition coefficient (Wildman–Crippen LogP) is 5.80. The lowest BCUT2D eigenvalue weighted by Crippen LogP contribution is -2.40. The molecule has 1 heterocycles. The van der Waals surface area contributed by atoms with Gasteiger partial charge in [0.1, 0.15) is 11.5 Å². The van der Waals surface area contributed by atoms with Crippen molar-refractivity contribution in [3.05, 3.63) is 102 Å². The second-order valence-corrected chi connectivity index (χ2v) is 12.4. The highest BCUT2D eigenvalue weighted by atomic mass is 32.2. The third kappa shape index (κ3) is 5.43. The second-order valence-electron chi connectivity index (χ2n) is 9.21. The lowest BCUT2D eigenvalue weighted by Gasteiger charge is -2.23. The number of Topliss-reactive ketones (excluding diaryl/α,β-unsaturated/α-hetero) is 1. The summed E-state index contributed by atoms with van der Waals surface area (Å²) in [6.07, 6.45) is 0.443. The Bertz CT molecular complexity index is 1540. The van der Waals surface area contributed by atoms with Gasteiger partial charge in [-0.3, -0.25) is 4.79 Å². The zero-order valence-electron chi connectivity index (χ0n) is 21.2. The van der Waals surface area contributed by atoms with Crippen LogP contribution >= 0.6 is 11.8 Å². The molecule has 196 valence electrons. The quantitative estimate of drug-likeness (QED) is 0.247. The number of sulfonamides is 1. The van der Waals surface area contributed by atoms with E-state index in [-0.39, 0.29) is 22.5 Å². The third-order valence-corrected chi connectivity index (χ3v) is 10.1. The molecule has 4 aromatic rings. The first-order chi connectivity index (χ1) is 18.4. The Balaban J connectivity index is 1.43. The molecule has 0 amide bonds. The van der Waals surface area contributed by atoms with Crippen LogP contribution in [0.1, 0.15) is 22.3 Å². The van der Waals surface area contributed by atoms with Gasteiger partial charge in [0.05, 0.1) is 25.2 Å². The summed E-state index contributed by atoms with van der Waals surface area (Å²) in [6.45, 7) is 0.266. The smallest absolute Gasteiger partial charge is 0.243 e. The van der Waals surface area contributed by atoms with Crippen LogP contribution in [0.4, 0.5) is 0 Å². The maximum atomic E-state index is 13.9. The summed E-state index contributed by atoms with van der Waals surface area (Å²) in [5.74, 6) is 1.94. The molecular weight excluding hydrogens is 518 g/mol. The lowest BCUT2D eigenvalue weighted by molar-refractivity contribution is 0.0918. The minimum atomic E-state index is -3.91. The molecule has 0 radical (unpaired) electrons. The van der Waals surface area contributed by atoms with E-state index in [1.807, 2.05) is 54.6 Å². The summed E-state index contributed by atoms with van der Waals surface area (Å²) in [5, 5.41) is 1.78. The van der Waals surface area contributed by atoms with Crippen LogP contribution < -0.4 is 9.47 Å². The Kier molecular flexibility index (Phi) is 7.74. The number of rotatable bonds is 9. The van der Waals surface area contributed by atoms with Crippen molar-refractivity contribution < 1.29 is 22.7 Å². The molecular formula is C30H29NO5S2. The Morgan fingerprint density at radius 3 is 2.16 bits per heavy atom. The van der Waals surface area contributed by atoms with Crippen LogP contribution in [0, 0.1) is 0 Å². The van der Waals surface area contributed by atoms with Crippen molar-refractivity contribution in [1.82, 2.24) is 4.31 Å². The van der Waals surface area contributed by atoms with Crippen LogP contribution in [-0.4, -0.2) is 50.6 Å². The number of ether oxygens (including phenoxy) is 2. The maximum absolute atomic E-state index is 13.9. The van der Waals surface area contributed by atoms with Gasteiger partial charge in [0.2, 0.25) is 10.0 Å². The molecule has 0 N–H and O–H groups in total. The van der Waals surface area contributed by atoms with Gasteiger partial charge in [-0.25, -0.2) is 8.42 Å². The number of methoxy groups -OCH3 is 2. The molecule has 2 atom stereocenters. The third-order valence-electron chi connectivity index (χ3n) is 6.87. The van der Waals surface area contributed by atoms with Gasteiger partial charge in [-0.15, -0.1) is 0 Å². The summed E-state index contributed by atoms with van der Waals surface area (Å²) in [5.41, 5.74) is 1.58. The molecule has 6 nitrogen and oxygen atoms in total. The fraction of sp³-hybridized carbons (Fsp3) is 0.233. The Hall–Kier alpha value is -3.33. The monoisotopic (exact) mass is 547 g/mol. The van der Waals surface area contributed by atoms with Crippen LogP contribution in [0.25, 0.3) is 10.8 Å². The van der Waals surface area contributed by atoms with E-state index in [9.17, 15) is 13.2 Å². The highest BCUT2D eigenvalue weighted by molar-refractivity contribution is 7.99. The van der Waals surface area contributed by atoms with Crippen LogP contribution in [0.15, 0.2) is 95.9 Å². The van der Waals surface area contributed by atoms with Crippen molar-refractivity contribution >= 4 is 38.3 Å². The predicted molar refractivity (Wildman–Crippen MR) is 152 cm³/mol. The molecule has 8 heteroatoms. The maximum Gasteiger partial charge on any atom is 0.243 e. The van der Waals surface area contributed by atoms with E-state index in [0.29, 0.717) is 23.5 Å². The molecule has 1 aliphatic heterocycles. The van der Waals surface area contributed by atoms with Gasteiger partial charge < -0.3 is 9.47 Å². The molecule has 0 bridgehead atoms. The SMILES string of the molecule is COc1ccc(CS[C@@H]2C[C@@H](C(=O)c3ccc(OC)cc3)N(S(=O)(=O)c3ccc4ccccc4c3)C2)cc1. The highest BCUT2D eigenvalue weighted by Gasteiger charge is 2.44. The van der Waals surface area contributed by atoms with Crippen molar-refractivity contribution in [2.45, 2.75) is 28.4 Å². The van der Waals surface area contributed by atoms with Crippen LogP contribution in [0.2, 0.25) is 0 Å². The first-order valence-corrected chi connectivity index (χ1v) is 14.8. The van der Waals surface area contributed by atoms with E-state index in [1.54, 1.807) is 62.4 Å². The van der Waals surface area contributed by atoms with Gasteiger partial charge in [0.25, 0.3) is 0 Å². The molecule has 0 spiro atoms. The van der Waals surface area contributed by atoms with Crippen molar-refractivity contribution in [1.29, 1.82) is 0 Å². The Morgan fingerprint density at radius 2 is 1.50 bits per heavy atom. The van der Waals surface area contributed by atoms with Gasteiger partial charge in [-0.1, -0.05) is 42.5 Å². The van der Waals surface area contributed by atoms with Crippen molar-refractivity contribution in [3.8, 4) is 11.5 Å². The zero-order valence-corrected chi connectivity index (χ0v) is 22.9. The fourth-order valence-corrected chi connectivity index (χ4v) is 7.72. The van der Waals surface area contributed by atoms with Crippen LogP contribution in [0.5, 0.6) is 11.5 Å². The molecule has 38 heavy (non-hydrogen) atoms. The molecule has 0 saturated carbocycles. The average Bonchev–Trinajstić information content (AvgIpc) is 3.41. The molecule has 0 aromatic heterocycles. The molecule has 5 rings (SSSR count). The molecule has 0 aliphatic carbocycles. The van der Waals surface area contributed by atoms with Crippen molar-refractivity contribution in [3.63, 3.8) is 0 Å². The van der Waals surface area contributed by atoms with E-state index < -0.39 is 16.1 Å².